The quantitative estimate of drug-likeness (QED) is 0.852. The molecule has 17 heavy (non-hydrogen) atoms. The molecule has 2 rings (SSSR count). The van der Waals surface area contributed by atoms with E-state index in [1.165, 1.54) is 0 Å². The zero-order chi connectivity index (χ0) is 12.4. The summed E-state index contributed by atoms with van der Waals surface area (Å²) in [4.78, 5) is 15.4. The van der Waals surface area contributed by atoms with E-state index in [1.54, 1.807) is 0 Å². The van der Waals surface area contributed by atoms with Crippen LogP contribution in [-0.4, -0.2) is 23.9 Å². The molecule has 0 aliphatic rings. The second-order valence-electron chi connectivity index (χ2n) is 4.02. The number of carbonyl (C=O) groups is 1. The Morgan fingerprint density at radius 2 is 2.24 bits per heavy atom. The van der Waals surface area contributed by atoms with Crippen molar-refractivity contribution in [1.29, 1.82) is 0 Å². The van der Waals surface area contributed by atoms with Crippen molar-refractivity contribution in [1.82, 2.24) is 10.3 Å². The van der Waals surface area contributed by atoms with Crippen LogP contribution in [0.15, 0.2) is 22.7 Å². The predicted octanol–water partition coefficient (Wildman–Crippen LogP) is 3.03. The Morgan fingerprint density at radius 3 is 2.94 bits per heavy atom. The molecule has 0 atom stereocenters. The Morgan fingerprint density at radius 1 is 1.47 bits per heavy atom. The van der Waals surface area contributed by atoms with Crippen LogP contribution in [0.2, 0.25) is 0 Å². The molecule has 0 fully saturated rings. The number of Topliss-reactive ketones (excluding diaryl/α,β-unsaturated/α-hetero) is 1. The molecule has 2 aromatic rings. The van der Waals surface area contributed by atoms with Crippen molar-refractivity contribution in [3.05, 3.63) is 33.9 Å². The van der Waals surface area contributed by atoms with Gasteiger partial charge in [-0.15, -0.1) is 0 Å². The minimum atomic E-state index is 0.133. The molecule has 0 unspecified atom stereocenters. The minimum absolute atomic E-state index is 0.133. The van der Waals surface area contributed by atoms with Crippen LogP contribution in [0, 0.1) is 6.92 Å². The van der Waals surface area contributed by atoms with Gasteiger partial charge in [0.1, 0.15) is 0 Å². The van der Waals surface area contributed by atoms with E-state index in [1.807, 2.05) is 32.0 Å². The highest BCUT2D eigenvalue weighted by molar-refractivity contribution is 9.10. The summed E-state index contributed by atoms with van der Waals surface area (Å²) in [5.74, 6) is 0.133. The van der Waals surface area contributed by atoms with E-state index >= 15 is 0 Å². The zero-order valence-electron chi connectivity index (χ0n) is 9.93. The fourth-order valence-electron chi connectivity index (χ4n) is 1.99. The largest absolute Gasteiger partial charge is 0.358 e. The van der Waals surface area contributed by atoms with Gasteiger partial charge in [0.25, 0.3) is 0 Å². The molecule has 2 N–H and O–H groups in total. The fraction of sp³-hybridized carbons (Fsp3) is 0.308. The van der Waals surface area contributed by atoms with Crippen molar-refractivity contribution < 1.29 is 4.79 Å². The maximum Gasteiger partial charge on any atom is 0.179 e. The Balaban J connectivity index is 2.48. The number of benzene rings is 1. The number of hydrogen-bond donors (Lipinski definition) is 2. The number of aromatic amines is 1. The van der Waals surface area contributed by atoms with Gasteiger partial charge in [-0.2, -0.15) is 0 Å². The van der Waals surface area contributed by atoms with Gasteiger partial charge in [0.15, 0.2) is 5.78 Å². The summed E-state index contributed by atoms with van der Waals surface area (Å²) in [6.45, 7) is 5.12. The summed E-state index contributed by atoms with van der Waals surface area (Å²) in [5, 5.41) is 4.05. The smallest absolute Gasteiger partial charge is 0.179 e. The van der Waals surface area contributed by atoms with Gasteiger partial charge in [-0.1, -0.05) is 22.9 Å². The number of aryl methyl sites for hydroxylation is 1. The van der Waals surface area contributed by atoms with Crippen molar-refractivity contribution in [2.75, 3.05) is 13.1 Å². The van der Waals surface area contributed by atoms with E-state index in [0.717, 1.165) is 33.2 Å². The number of likely N-dealkylation sites (N-methyl/N-ethyl adjacent to an activating group) is 1. The zero-order valence-corrected chi connectivity index (χ0v) is 11.5. The standard InChI is InChI=1S/C13H15BrN2O/c1-3-15-7-12(17)13-8(2)16-11-5-4-9(14)6-10(11)13/h4-6,15-16H,3,7H2,1-2H3. The third-order valence-corrected chi connectivity index (χ3v) is 3.26. The van der Waals surface area contributed by atoms with Gasteiger partial charge in [-0.25, -0.2) is 0 Å². The summed E-state index contributed by atoms with van der Waals surface area (Å²) in [7, 11) is 0. The molecule has 1 aromatic heterocycles. The topological polar surface area (TPSA) is 44.9 Å². The van der Waals surface area contributed by atoms with Gasteiger partial charge in [-0.3, -0.25) is 4.79 Å². The number of hydrogen-bond acceptors (Lipinski definition) is 2. The number of ketones is 1. The molecule has 0 saturated heterocycles. The molecule has 0 aliphatic carbocycles. The first kappa shape index (κ1) is 12.3. The molecular weight excluding hydrogens is 280 g/mol. The van der Waals surface area contributed by atoms with Crippen molar-refractivity contribution in [3.8, 4) is 0 Å². The second kappa shape index (κ2) is 5.02. The van der Waals surface area contributed by atoms with Crippen molar-refractivity contribution in [2.24, 2.45) is 0 Å². The van der Waals surface area contributed by atoms with E-state index in [-0.39, 0.29) is 5.78 Å². The third-order valence-electron chi connectivity index (χ3n) is 2.76. The Hall–Kier alpha value is -1.13. The summed E-state index contributed by atoms with van der Waals surface area (Å²) in [6, 6.07) is 5.94. The highest BCUT2D eigenvalue weighted by Gasteiger charge is 2.15. The lowest BCUT2D eigenvalue weighted by atomic mass is 10.1. The number of halogens is 1. The van der Waals surface area contributed by atoms with E-state index in [9.17, 15) is 4.79 Å². The molecular formula is C13H15BrN2O. The van der Waals surface area contributed by atoms with Crippen LogP contribution in [-0.2, 0) is 0 Å². The SMILES string of the molecule is CCNCC(=O)c1c(C)[nH]c2ccc(Br)cc12. The summed E-state index contributed by atoms with van der Waals surface area (Å²) >= 11 is 3.44. The maximum atomic E-state index is 12.1. The first-order valence-electron chi connectivity index (χ1n) is 5.65. The van der Waals surface area contributed by atoms with Crippen molar-refractivity contribution in [2.45, 2.75) is 13.8 Å². The first-order valence-corrected chi connectivity index (χ1v) is 6.44. The number of H-pyrrole nitrogens is 1. The van der Waals surface area contributed by atoms with Crippen molar-refractivity contribution in [3.63, 3.8) is 0 Å². The molecule has 0 radical (unpaired) electrons. The van der Waals surface area contributed by atoms with Gasteiger partial charge in [-0.05, 0) is 31.7 Å². The molecule has 1 aromatic carbocycles. The lowest BCUT2D eigenvalue weighted by Crippen LogP contribution is -2.22. The lowest BCUT2D eigenvalue weighted by molar-refractivity contribution is 0.0993. The summed E-state index contributed by atoms with van der Waals surface area (Å²) in [6.07, 6.45) is 0. The maximum absolute atomic E-state index is 12.1. The monoisotopic (exact) mass is 294 g/mol. The van der Waals surface area contributed by atoms with Gasteiger partial charge in [0.05, 0.1) is 6.54 Å². The number of fused-ring (bicyclic) bond motifs is 1. The van der Waals surface area contributed by atoms with Crippen LogP contribution in [0.5, 0.6) is 0 Å². The molecule has 90 valence electrons. The normalized spacial score (nSPS) is 11.0. The van der Waals surface area contributed by atoms with E-state index in [0.29, 0.717) is 6.54 Å². The summed E-state index contributed by atoms with van der Waals surface area (Å²) in [5.41, 5.74) is 2.73. The number of aromatic nitrogens is 1. The highest BCUT2D eigenvalue weighted by atomic mass is 79.9. The Kier molecular flexibility index (Phi) is 3.64. The van der Waals surface area contributed by atoms with Crippen LogP contribution < -0.4 is 5.32 Å². The minimum Gasteiger partial charge on any atom is -0.358 e. The molecule has 0 aliphatic heterocycles. The van der Waals surface area contributed by atoms with Crippen LogP contribution >= 0.6 is 15.9 Å². The Bertz CT molecular complexity index is 560. The second-order valence-corrected chi connectivity index (χ2v) is 4.93. The number of carbonyl (C=O) groups excluding carboxylic acids is 1. The predicted molar refractivity (Wildman–Crippen MR) is 73.6 cm³/mol. The average molecular weight is 295 g/mol. The van der Waals surface area contributed by atoms with Gasteiger partial charge in [0.2, 0.25) is 0 Å². The van der Waals surface area contributed by atoms with Crippen LogP contribution in [0.1, 0.15) is 23.0 Å². The molecule has 0 amide bonds. The van der Waals surface area contributed by atoms with Crippen LogP contribution in [0.4, 0.5) is 0 Å². The van der Waals surface area contributed by atoms with Gasteiger partial charge < -0.3 is 10.3 Å². The molecule has 4 heteroatoms. The third kappa shape index (κ3) is 2.42. The van der Waals surface area contributed by atoms with Crippen LogP contribution in [0.3, 0.4) is 0 Å². The van der Waals surface area contributed by atoms with E-state index < -0.39 is 0 Å². The van der Waals surface area contributed by atoms with Gasteiger partial charge in [0, 0.05) is 26.6 Å². The van der Waals surface area contributed by atoms with Crippen LogP contribution in [0.25, 0.3) is 10.9 Å². The summed E-state index contributed by atoms with van der Waals surface area (Å²) < 4.78 is 0.988. The molecule has 1 heterocycles. The van der Waals surface area contributed by atoms with E-state index in [4.69, 9.17) is 0 Å². The van der Waals surface area contributed by atoms with Gasteiger partial charge >= 0.3 is 0 Å². The Labute approximate surface area is 109 Å². The average Bonchev–Trinajstić information content (AvgIpc) is 2.61. The van der Waals surface area contributed by atoms with Crippen molar-refractivity contribution >= 4 is 32.6 Å². The highest BCUT2D eigenvalue weighted by Crippen LogP contribution is 2.25. The lowest BCUT2D eigenvalue weighted by Gasteiger charge is -2.02. The van der Waals surface area contributed by atoms with E-state index in [2.05, 4.69) is 26.2 Å². The molecule has 0 bridgehead atoms. The molecule has 3 nitrogen and oxygen atoms in total. The molecule has 0 spiro atoms. The number of nitrogens with one attached hydrogen (secondary N) is 2. The molecule has 0 saturated carbocycles. The number of rotatable bonds is 4. The fourth-order valence-corrected chi connectivity index (χ4v) is 2.35. The first-order chi connectivity index (χ1) is 8.13.